The maximum atomic E-state index is 16.2. The highest BCUT2D eigenvalue weighted by Crippen LogP contribution is 2.39. The standard InChI is InChI=1S/C45H54F3N7O8/c1-28(27-62-43(59)52-20-30(21-52)22-54-38(56)12-13-39(54)57)49-42(58)55(24-32-23-53(25-36(32)48)44(60)63-45(2,3)4)40(31-14-16-61-17-15-31)41-50-37(34-18-33(46)10-11-35(34)47)26-51(41)19-29-8-6-5-7-9-29/h5-13,18,26,28,30-32,36,40H,14-17,19-25,27H2,1-4H3,(H,49,58). The van der Waals surface area contributed by atoms with Gasteiger partial charge >= 0.3 is 18.2 Å². The number of imide groups is 1. The molecular formula is C45H54F3N7O8. The average Bonchev–Trinajstić information content (AvgIpc) is 3.91. The van der Waals surface area contributed by atoms with Gasteiger partial charge in [0.15, 0.2) is 0 Å². The van der Waals surface area contributed by atoms with Crippen molar-refractivity contribution >= 4 is 30.0 Å². The van der Waals surface area contributed by atoms with Crippen molar-refractivity contribution in [1.82, 2.24) is 34.5 Å². The van der Waals surface area contributed by atoms with Crippen LogP contribution in [0, 0.1) is 29.4 Å². The smallest absolute Gasteiger partial charge is 0.410 e. The van der Waals surface area contributed by atoms with Crippen LogP contribution in [0.2, 0.25) is 0 Å². The van der Waals surface area contributed by atoms with Gasteiger partial charge in [-0.15, -0.1) is 0 Å². The summed E-state index contributed by atoms with van der Waals surface area (Å²) in [6, 6.07) is 10.3. The molecule has 18 heteroatoms. The molecule has 63 heavy (non-hydrogen) atoms. The molecule has 2 aromatic carbocycles. The largest absolute Gasteiger partial charge is 0.447 e. The first-order chi connectivity index (χ1) is 30.0. The summed E-state index contributed by atoms with van der Waals surface area (Å²) in [5.74, 6) is -3.02. The number of urea groups is 1. The fourth-order valence-corrected chi connectivity index (χ4v) is 8.41. The Labute approximate surface area is 364 Å². The Morgan fingerprint density at radius 3 is 2.32 bits per heavy atom. The molecule has 7 rings (SSSR count). The van der Waals surface area contributed by atoms with Crippen molar-refractivity contribution in [2.45, 2.75) is 70.9 Å². The molecule has 0 radical (unpaired) electrons. The van der Waals surface area contributed by atoms with Crippen molar-refractivity contribution < 1.29 is 51.4 Å². The highest BCUT2D eigenvalue weighted by molar-refractivity contribution is 6.12. The summed E-state index contributed by atoms with van der Waals surface area (Å²) >= 11 is 0. The lowest BCUT2D eigenvalue weighted by Gasteiger charge is -2.40. The predicted octanol–water partition coefficient (Wildman–Crippen LogP) is 5.94. The Bertz CT molecular complexity index is 2170. The topological polar surface area (TPSA) is 156 Å². The van der Waals surface area contributed by atoms with Crippen LogP contribution in [-0.2, 0) is 30.3 Å². The normalized spacial score (nSPS) is 20.5. The highest BCUT2D eigenvalue weighted by Gasteiger charge is 2.44. The van der Waals surface area contributed by atoms with E-state index in [4.69, 9.17) is 19.2 Å². The van der Waals surface area contributed by atoms with Gasteiger partial charge in [0, 0.05) is 88.2 Å². The second kappa shape index (κ2) is 19.2. The van der Waals surface area contributed by atoms with E-state index in [9.17, 15) is 28.4 Å². The molecule has 4 aliphatic heterocycles. The van der Waals surface area contributed by atoms with E-state index in [0.29, 0.717) is 31.9 Å². The summed E-state index contributed by atoms with van der Waals surface area (Å²) in [7, 11) is 0. The quantitative estimate of drug-likeness (QED) is 0.206. The molecular weight excluding hydrogens is 824 g/mol. The van der Waals surface area contributed by atoms with Crippen molar-refractivity contribution in [3.63, 3.8) is 0 Å². The third kappa shape index (κ3) is 11.0. The van der Waals surface area contributed by atoms with Crippen LogP contribution >= 0.6 is 0 Å². The lowest BCUT2D eigenvalue weighted by Crippen LogP contribution is -2.55. The third-order valence-corrected chi connectivity index (χ3v) is 11.6. The fourth-order valence-electron chi connectivity index (χ4n) is 8.41. The minimum atomic E-state index is -1.53. The monoisotopic (exact) mass is 877 g/mol. The molecule has 0 aliphatic carbocycles. The van der Waals surface area contributed by atoms with Gasteiger partial charge in [0.1, 0.15) is 35.8 Å². The summed E-state index contributed by atoms with van der Waals surface area (Å²) in [5, 5.41) is 2.94. The number of benzene rings is 2. The number of alkyl halides is 1. The molecule has 3 aromatic rings. The number of nitrogens with zero attached hydrogens (tertiary/aromatic N) is 6. The molecule has 5 heterocycles. The van der Waals surface area contributed by atoms with Crippen LogP contribution in [0.3, 0.4) is 0 Å². The van der Waals surface area contributed by atoms with Gasteiger partial charge in [-0.05, 0) is 70.2 Å². The number of nitrogens with one attached hydrogen (secondary N) is 1. The van der Waals surface area contributed by atoms with E-state index >= 15 is 8.78 Å². The minimum absolute atomic E-state index is 0.0425. The van der Waals surface area contributed by atoms with Gasteiger partial charge in [-0.25, -0.2) is 32.5 Å². The number of halogens is 3. The summed E-state index contributed by atoms with van der Waals surface area (Å²) in [4.78, 5) is 75.3. The van der Waals surface area contributed by atoms with E-state index in [0.717, 1.165) is 28.7 Å². The van der Waals surface area contributed by atoms with E-state index < -0.39 is 71.4 Å². The molecule has 0 bridgehead atoms. The Morgan fingerprint density at radius 1 is 0.952 bits per heavy atom. The molecule has 3 fully saturated rings. The lowest BCUT2D eigenvalue weighted by atomic mass is 9.89. The first-order valence-corrected chi connectivity index (χ1v) is 21.3. The van der Waals surface area contributed by atoms with E-state index in [-0.39, 0.29) is 75.5 Å². The molecule has 4 aliphatic rings. The van der Waals surface area contributed by atoms with Crippen LogP contribution in [0.5, 0.6) is 0 Å². The van der Waals surface area contributed by atoms with Gasteiger partial charge in [0.2, 0.25) is 0 Å². The zero-order valence-corrected chi connectivity index (χ0v) is 35.9. The highest BCUT2D eigenvalue weighted by atomic mass is 19.1. The van der Waals surface area contributed by atoms with Crippen LogP contribution in [0.15, 0.2) is 66.9 Å². The number of carbonyl (C=O) groups is 5. The van der Waals surface area contributed by atoms with Crippen molar-refractivity contribution in [2.75, 3.05) is 59.1 Å². The summed E-state index contributed by atoms with van der Waals surface area (Å²) in [6.45, 7) is 7.86. The average molecular weight is 878 g/mol. The number of amides is 6. The first kappa shape index (κ1) is 45.1. The van der Waals surface area contributed by atoms with Crippen molar-refractivity contribution in [2.24, 2.45) is 17.8 Å². The molecule has 6 amide bonds. The van der Waals surface area contributed by atoms with Gasteiger partial charge in [0.25, 0.3) is 11.8 Å². The maximum Gasteiger partial charge on any atom is 0.410 e. The molecule has 0 spiro atoms. The number of hydrogen-bond acceptors (Lipinski definition) is 9. The lowest BCUT2D eigenvalue weighted by molar-refractivity contribution is -0.138. The molecule has 1 aromatic heterocycles. The number of imidazole rings is 1. The van der Waals surface area contributed by atoms with Gasteiger partial charge < -0.3 is 38.8 Å². The van der Waals surface area contributed by atoms with Gasteiger partial charge in [-0.1, -0.05) is 30.3 Å². The van der Waals surface area contributed by atoms with E-state index in [2.05, 4.69) is 5.32 Å². The molecule has 4 atom stereocenters. The zero-order valence-electron chi connectivity index (χ0n) is 35.9. The van der Waals surface area contributed by atoms with Crippen LogP contribution in [0.25, 0.3) is 11.3 Å². The molecule has 0 saturated carbocycles. The van der Waals surface area contributed by atoms with Crippen LogP contribution in [0.4, 0.5) is 27.6 Å². The Hall–Kier alpha value is -5.91. The second-order valence-electron chi connectivity index (χ2n) is 17.7. The fraction of sp³-hybridized carbons (Fsp3) is 0.511. The van der Waals surface area contributed by atoms with Crippen molar-refractivity contribution in [1.29, 1.82) is 0 Å². The Kier molecular flexibility index (Phi) is 13.8. The van der Waals surface area contributed by atoms with Gasteiger partial charge in [0.05, 0.1) is 24.3 Å². The van der Waals surface area contributed by atoms with Crippen LogP contribution in [0.1, 0.15) is 58.0 Å². The van der Waals surface area contributed by atoms with Crippen molar-refractivity contribution in [3.05, 3.63) is 89.9 Å². The van der Waals surface area contributed by atoms with Crippen LogP contribution in [-0.4, -0.2) is 136 Å². The number of likely N-dealkylation sites (tertiary alicyclic amines) is 2. The Balaban J connectivity index is 1.16. The third-order valence-electron chi connectivity index (χ3n) is 11.6. The van der Waals surface area contributed by atoms with Crippen molar-refractivity contribution in [3.8, 4) is 11.3 Å². The second-order valence-corrected chi connectivity index (χ2v) is 17.7. The number of aromatic nitrogens is 2. The van der Waals surface area contributed by atoms with E-state index in [1.54, 1.807) is 33.9 Å². The molecule has 15 nitrogen and oxygen atoms in total. The minimum Gasteiger partial charge on any atom is -0.447 e. The molecule has 4 unspecified atom stereocenters. The molecule has 1 N–H and O–H groups in total. The summed E-state index contributed by atoms with van der Waals surface area (Å²) in [6.07, 6.45) is 2.19. The molecule has 3 saturated heterocycles. The summed E-state index contributed by atoms with van der Waals surface area (Å²) < 4.78 is 64.9. The van der Waals surface area contributed by atoms with E-state index in [1.165, 1.54) is 26.9 Å². The zero-order chi connectivity index (χ0) is 45.0. The maximum absolute atomic E-state index is 16.2. The predicted molar refractivity (Wildman–Crippen MR) is 223 cm³/mol. The number of rotatable bonds is 13. The SMILES string of the molecule is CC(COC(=O)N1CC(CN2C(=O)C=CC2=O)C1)NC(=O)N(CC1CN(C(=O)OC(C)(C)C)CC1F)C(c1nc(-c2cc(F)ccc2F)cn1Cc1ccccc1)C1CCOCC1. The van der Waals surface area contributed by atoms with E-state index in [1.807, 2.05) is 34.9 Å². The number of hydrogen-bond donors (Lipinski definition) is 1. The number of ether oxygens (including phenoxy) is 3. The summed E-state index contributed by atoms with van der Waals surface area (Å²) in [5.41, 5.74) is 0.116. The number of carbonyl (C=O) groups excluding carboxylic acids is 5. The molecule has 338 valence electrons. The van der Waals surface area contributed by atoms with Gasteiger partial charge in [-0.2, -0.15) is 0 Å². The Morgan fingerprint density at radius 2 is 1.63 bits per heavy atom. The van der Waals surface area contributed by atoms with Crippen LogP contribution < -0.4 is 5.32 Å². The first-order valence-electron chi connectivity index (χ1n) is 21.3. The van der Waals surface area contributed by atoms with Gasteiger partial charge in [-0.3, -0.25) is 14.5 Å².